The van der Waals surface area contributed by atoms with Gasteiger partial charge in [0.05, 0.1) is 12.1 Å². The van der Waals surface area contributed by atoms with Gasteiger partial charge in [0.2, 0.25) is 5.13 Å². The van der Waals surface area contributed by atoms with Gasteiger partial charge in [-0.25, -0.2) is 0 Å². The van der Waals surface area contributed by atoms with E-state index < -0.39 is 0 Å². The van der Waals surface area contributed by atoms with Gasteiger partial charge in [-0.05, 0) is 32.9 Å². The monoisotopic (exact) mass is 288 g/mol. The van der Waals surface area contributed by atoms with Crippen molar-refractivity contribution in [3.05, 3.63) is 29.3 Å². The molecule has 1 N–H and O–H groups in total. The van der Waals surface area contributed by atoms with Gasteiger partial charge < -0.3 is 5.32 Å². The molecule has 1 aromatic carbocycles. The molecule has 0 aliphatic heterocycles. The first kappa shape index (κ1) is 13.1. The molecule has 2 heterocycles. The number of rotatable bonds is 3. The van der Waals surface area contributed by atoms with Gasteiger partial charge in [-0.1, -0.05) is 28.7 Å². The summed E-state index contributed by atoms with van der Waals surface area (Å²) in [5.74, 6) is 0. The van der Waals surface area contributed by atoms with Crippen molar-refractivity contribution in [2.24, 2.45) is 0 Å². The first-order valence-electron chi connectivity index (χ1n) is 6.41. The number of fused-ring (bicyclic) bond motifs is 1. The van der Waals surface area contributed by atoms with Gasteiger partial charge in [-0.15, -0.1) is 15.3 Å². The molecule has 0 atom stereocenters. The molecule has 0 saturated carbocycles. The van der Waals surface area contributed by atoms with Crippen LogP contribution in [-0.4, -0.2) is 30.7 Å². The number of hydrogen-bond acceptors (Lipinski definition) is 6. The van der Waals surface area contributed by atoms with Crippen LogP contribution in [0.15, 0.2) is 24.3 Å². The molecule has 104 valence electrons. The lowest BCUT2D eigenvalue weighted by molar-refractivity contribution is 0.423. The Bertz CT molecular complexity index is 724. The van der Waals surface area contributed by atoms with E-state index in [-0.39, 0.29) is 5.54 Å². The van der Waals surface area contributed by atoms with Gasteiger partial charge in [0.15, 0.2) is 0 Å². The molecule has 0 amide bonds. The van der Waals surface area contributed by atoms with Crippen LogP contribution in [0.1, 0.15) is 25.8 Å². The summed E-state index contributed by atoms with van der Waals surface area (Å²) >= 11 is 1.52. The zero-order chi connectivity index (χ0) is 14.2. The maximum Gasteiger partial charge on any atom is 0.234 e. The molecule has 0 fully saturated rings. The highest BCUT2D eigenvalue weighted by atomic mass is 32.1. The Morgan fingerprint density at radius 2 is 1.95 bits per heavy atom. The third-order valence-electron chi connectivity index (χ3n) is 2.76. The fraction of sp³-hybridized carbons (Fsp3) is 0.385. The molecule has 2 aromatic heterocycles. The van der Waals surface area contributed by atoms with Crippen LogP contribution in [-0.2, 0) is 6.54 Å². The third-order valence-corrected chi connectivity index (χ3v) is 3.66. The van der Waals surface area contributed by atoms with Crippen LogP contribution in [0.25, 0.3) is 16.2 Å². The first-order valence-corrected chi connectivity index (χ1v) is 7.23. The van der Waals surface area contributed by atoms with Gasteiger partial charge in [0.1, 0.15) is 10.5 Å². The standard InChI is InChI=1S/C13H16N6S/c1-13(2,3)14-8-11-16-17-12(20-11)19-10-7-5-4-6-9(10)15-18-19/h4-7,14H,8H2,1-3H3. The van der Waals surface area contributed by atoms with Gasteiger partial charge in [-0.2, -0.15) is 4.68 Å². The van der Waals surface area contributed by atoms with Crippen LogP contribution in [0.2, 0.25) is 0 Å². The van der Waals surface area contributed by atoms with Crippen molar-refractivity contribution < 1.29 is 0 Å². The maximum atomic E-state index is 4.20. The first-order chi connectivity index (χ1) is 9.53. The molecule has 6 nitrogen and oxygen atoms in total. The molecular formula is C13H16N6S. The summed E-state index contributed by atoms with van der Waals surface area (Å²) in [6, 6.07) is 7.82. The van der Waals surface area contributed by atoms with E-state index in [4.69, 9.17) is 0 Å². The summed E-state index contributed by atoms with van der Waals surface area (Å²) in [6.07, 6.45) is 0. The fourth-order valence-corrected chi connectivity index (χ4v) is 2.49. The number of para-hydroxylation sites is 1. The van der Waals surface area contributed by atoms with Crippen molar-refractivity contribution in [1.29, 1.82) is 0 Å². The van der Waals surface area contributed by atoms with Crippen molar-refractivity contribution in [2.45, 2.75) is 32.9 Å². The SMILES string of the molecule is CC(C)(C)NCc1nnc(-n2nnc3ccccc32)s1. The molecule has 7 heteroatoms. The zero-order valence-electron chi connectivity index (χ0n) is 11.7. The van der Waals surface area contributed by atoms with E-state index in [2.05, 4.69) is 46.6 Å². The van der Waals surface area contributed by atoms with Crippen LogP contribution in [0, 0.1) is 0 Å². The summed E-state index contributed by atoms with van der Waals surface area (Å²) in [5.41, 5.74) is 1.86. The van der Waals surface area contributed by atoms with Crippen molar-refractivity contribution in [3.8, 4) is 5.13 Å². The van der Waals surface area contributed by atoms with Gasteiger partial charge in [0.25, 0.3) is 0 Å². The minimum absolute atomic E-state index is 0.0613. The van der Waals surface area contributed by atoms with E-state index >= 15 is 0 Å². The van der Waals surface area contributed by atoms with Gasteiger partial charge in [0, 0.05) is 5.54 Å². The highest BCUT2D eigenvalue weighted by Gasteiger charge is 2.13. The molecular weight excluding hydrogens is 272 g/mol. The summed E-state index contributed by atoms with van der Waals surface area (Å²) in [6.45, 7) is 7.08. The smallest absolute Gasteiger partial charge is 0.234 e. The van der Waals surface area contributed by atoms with Crippen LogP contribution in [0.3, 0.4) is 0 Å². The van der Waals surface area contributed by atoms with Crippen molar-refractivity contribution in [3.63, 3.8) is 0 Å². The summed E-state index contributed by atoms with van der Waals surface area (Å²) in [4.78, 5) is 0. The van der Waals surface area contributed by atoms with E-state index in [1.165, 1.54) is 11.3 Å². The Labute approximate surface area is 120 Å². The van der Waals surface area contributed by atoms with Gasteiger partial charge in [-0.3, -0.25) is 0 Å². The predicted molar refractivity (Wildman–Crippen MR) is 78.9 cm³/mol. The van der Waals surface area contributed by atoms with E-state index in [1.807, 2.05) is 24.3 Å². The highest BCUT2D eigenvalue weighted by molar-refractivity contribution is 7.13. The van der Waals surface area contributed by atoms with E-state index in [0.29, 0.717) is 6.54 Å². The second-order valence-electron chi connectivity index (χ2n) is 5.57. The average Bonchev–Trinajstić information content (AvgIpc) is 3.01. The van der Waals surface area contributed by atoms with E-state index in [1.54, 1.807) is 4.68 Å². The normalized spacial score (nSPS) is 12.2. The molecule has 0 spiro atoms. The molecule has 0 aliphatic rings. The average molecular weight is 288 g/mol. The third kappa shape index (κ3) is 2.68. The largest absolute Gasteiger partial charge is 0.306 e. The van der Waals surface area contributed by atoms with Crippen LogP contribution in [0.5, 0.6) is 0 Å². The Balaban J connectivity index is 1.86. The van der Waals surface area contributed by atoms with Crippen LogP contribution >= 0.6 is 11.3 Å². The van der Waals surface area contributed by atoms with Crippen LogP contribution in [0.4, 0.5) is 0 Å². The number of hydrogen-bond donors (Lipinski definition) is 1. The molecule has 20 heavy (non-hydrogen) atoms. The predicted octanol–water partition coefficient (Wildman–Crippen LogP) is 2.16. The molecule has 0 unspecified atom stereocenters. The van der Waals surface area contributed by atoms with Crippen molar-refractivity contribution in [1.82, 2.24) is 30.5 Å². The lowest BCUT2D eigenvalue weighted by Gasteiger charge is -2.19. The number of aromatic nitrogens is 5. The number of nitrogens with one attached hydrogen (secondary N) is 1. The molecule has 3 aromatic rings. The molecule has 3 rings (SSSR count). The van der Waals surface area contributed by atoms with Crippen molar-refractivity contribution in [2.75, 3.05) is 0 Å². The molecule has 0 saturated heterocycles. The summed E-state index contributed by atoms with van der Waals surface area (Å²) in [7, 11) is 0. The van der Waals surface area contributed by atoms with Crippen molar-refractivity contribution >= 4 is 22.4 Å². The molecule has 0 radical (unpaired) electrons. The fourth-order valence-electron chi connectivity index (χ4n) is 1.75. The quantitative estimate of drug-likeness (QED) is 0.800. The zero-order valence-corrected chi connectivity index (χ0v) is 12.5. The lowest BCUT2D eigenvalue weighted by atomic mass is 10.1. The number of benzene rings is 1. The number of nitrogens with zero attached hydrogens (tertiary/aromatic N) is 5. The summed E-state index contributed by atoms with van der Waals surface area (Å²) in [5, 5.41) is 21.7. The van der Waals surface area contributed by atoms with E-state index in [0.717, 1.165) is 21.2 Å². The van der Waals surface area contributed by atoms with Crippen LogP contribution < -0.4 is 5.32 Å². The Hall–Kier alpha value is -1.86. The molecule has 0 aliphatic carbocycles. The Kier molecular flexibility index (Phi) is 3.23. The minimum Gasteiger partial charge on any atom is -0.306 e. The van der Waals surface area contributed by atoms with Gasteiger partial charge >= 0.3 is 0 Å². The molecule has 0 bridgehead atoms. The lowest BCUT2D eigenvalue weighted by Crippen LogP contribution is -2.35. The Morgan fingerprint density at radius 1 is 1.15 bits per heavy atom. The second-order valence-corrected chi connectivity index (χ2v) is 6.61. The second kappa shape index (κ2) is 4.92. The minimum atomic E-state index is 0.0613. The highest BCUT2D eigenvalue weighted by Crippen LogP contribution is 2.19. The Morgan fingerprint density at radius 3 is 2.75 bits per heavy atom. The van der Waals surface area contributed by atoms with E-state index in [9.17, 15) is 0 Å². The summed E-state index contributed by atoms with van der Waals surface area (Å²) < 4.78 is 1.73. The maximum absolute atomic E-state index is 4.20. The topological polar surface area (TPSA) is 68.5 Å².